The van der Waals surface area contributed by atoms with Crippen molar-refractivity contribution in [3.05, 3.63) is 58.6 Å². The van der Waals surface area contributed by atoms with Gasteiger partial charge in [-0.05, 0) is 13.0 Å². The minimum Gasteiger partial charge on any atom is -0.507 e. The number of aliphatic hydroxyl groups excluding tert-OH is 2. The Labute approximate surface area is 229 Å². The lowest BCUT2D eigenvalue weighted by molar-refractivity contribution is -0.245. The molecule has 2 radical (unpaired) electrons. The zero-order valence-electron chi connectivity index (χ0n) is 21.8. The van der Waals surface area contributed by atoms with Gasteiger partial charge in [-0.25, -0.2) is 0 Å². The van der Waals surface area contributed by atoms with Crippen LogP contribution < -0.4 is 10.5 Å². The molecule has 2 aliphatic carbocycles. The number of aliphatic hydroxyl groups is 3. The topological polar surface area (TPSA) is 201 Å². The number of aliphatic imine (C=N–C) groups is 1. The summed E-state index contributed by atoms with van der Waals surface area (Å²) < 4.78 is 17.2. The number of carbonyl (C=O) groups is 2. The molecule has 1 heterocycles. The molecule has 212 valence electrons. The molecular weight excluding hydrogens is 524 g/mol. The third kappa shape index (κ3) is 4.19. The van der Waals surface area contributed by atoms with E-state index in [-0.39, 0.29) is 46.6 Å². The predicted octanol–water partition coefficient (Wildman–Crippen LogP) is 0.542. The van der Waals surface area contributed by atoms with E-state index in [2.05, 4.69) is 4.99 Å². The molecule has 1 saturated heterocycles. The Morgan fingerprint density at radius 1 is 1.20 bits per heavy atom. The van der Waals surface area contributed by atoms with Crippen molar-refractivity contribution in [1.82, 2.24) is 0 Å². The summed E-state index contributed by atoms with van der Waals surface area (Å²) in [4.78, 5) is 30.8. The van der Waals surface area contributed by atoms with Crippen LogP contribution in [-0.2, 0) is 15.9 Å². The Hall–Kier alpha value is -3.39. The standard InChI is InChI=1S/C28H30N2O10/c1-11-23(32)14(29)7-18(39-11)40-16-9-28(37,17(10-31)30-2)8-13-20(16)27(36)22-21(25(13)34)24(33)12-5-4-6-15(38-3)19(12)26(22)35/h2,4-6,11,14,16,18,23,31-32,34,36-37H,7-10,29H2,1,3H3/t11?,14?,16-,18?,23?,28-/m0/s1. The minimum atomic E-state index is -1.97. The molecule has 7 N–H and O–H groups in total. The maximum Gasteiger partial charge on any atom is 0.202 e. The van der Waals surface area contributed by atoms with Gasteiger partial charge in [0.05, 0.1) is 61.5 Å². The number of rotatable bonds is 5. The molecule has 1 fully saturated rings. The second-order valence-electron chi connectivity index (χ2n) is 10.3. The zero-order chi connectivity index (χ0) is 29.1. The third-order valence-electron chi connectivity index (χ3n) is 7.99. The molecule has 40 heavy (non-hydrogen) atoms. The van der Waals surface area contributed by atoms with Crippen molar-refractivity contribution in [2.45, 2.75) is 62.4 Å². The van der Waals surface area contributed by atoms with Crippen molar-refractivity contribution >= 4 is 17.3 Å². The van der Waals surface area contributed by atoms with Gasteiger partial charge in [0.15, 0.2) is 12.1 Å². The van der Waals surface area contributed by atoms with E-state index in [0.29, 0.717) is 0 Å². The summed E-state index contributed by atoms with van der Waals surface area (Å²) in [5, 5.41) is 54.6. The van der Waals surface area contributed by atoms with E-state index < -0.39 is 83.5 Å². The summed E-state index contributed by atoms with van der Waals surface area (Å²) in [5.74, 6) is -2.62. The smallest absolute Gasteiger partial charge is 0.202 e. The molecule has 0 saturated carbocycles. The number of aromatic hydroxyl groups is 2. The lowest BCUT2D eigenvalue weighted by atomic mass is 9.71. The maximum absolute atomic E-state index is 13.7. The van der Waals surface area contributed by atoms with Gasteiger partial charge >= 0.3 is 0 Å². The molecule has 12 heteroatoms. The fourth-order valence-electron chi connectivity index (χ4n) is 5.92. The van der Waals surface area contributed by atoms with Gasteiger partial charge in [-0.15, -0.1) is 0 Å². The summed E-state index contributed by atoms with van der Waals surface area (Å²) in [6, 6.07) is 3.72. The Balaban J connectivity index is 1.70. The highest BCUT2D eigenvalue weighted by atomic mass is 16.7. The number of nitrogens with zero attached hydrogens (tertiary/aromatic N) is 1. The molecular formula is C28H30N2O10. The molecule has 4 unspecified atom stereocenters. The fraction of sp³-hybridized carbons (Fsp3) is 0.429. The molecule has 6 atom stereocenters. The fourth-order valence-corrected chi connectivity index (χ4v) is 5.92. The second-order valence-corrected chi connectivity index (χ2v) is 10.3. The Morgan fingerprint density at radius 2 is 1.90 bits per heavy atom. The van der Waals surface area contributed by atoms with Crippen molar-refractivity contribution < 1.29 is 49.3 Å². The number of nitrogens with two attached hydrogens (primary N) is 1. The number of phenols is 2. The molecule has 0 spiro atoms. The van der Waals surface area contributed by atoms with Crippen molar-refractivity contribution in [1.29, 1.82) is 0 Å². The lowest BCUT2D eigenvalue weighted by Gasteiger charge is -2.43. The van der Waals surface area contributed by atoms with Crippen molar-refractivity contribution in [2.75, 3.05) is 13.7 Å². The summed E-state index contributed by atoms with van der Waals surface area (Å²) in [6.07, 6.45) is -4.62. The summed E-state index contributed by atoms with van der Waals surface area (Å²) in [7, 11) is 6.77. The van der Waals surface area contributed by atoms with E-state index in [1.807, 2.05) is 0 Å². The number of ketones is 2. The van der Waals surface area contributed by atoms with Crippen LogP contribution in [0.1, 0.15) is 68.8 Å². The number of hydrogen-bond donors (Lipinski definition) is 6. The van der Waals surface area contributed by atoms with Crippen LogP contribution in [0.3, 0.4) is 0 Å². The van der Waals surface area contributed by atoms with Crippen molar-refractivity contribution in [2.24, 2.45) is 10.7 Å². The molecule has 0 amide bonds. The number of fused-ring (bicyclic) bond motifs is 3. The Kier molecular flexibility index (Phi) is 7.19. The quantitative estimate of drug-likeness (QED) is 0.190. The highest BCUT2D eigenvalue weighted by Gasteiger charge is 2.49. The number of phenolic OH excluding ortho intramolecular Hbond substituents is 2. The number of carbonyl (C=O) groups excluding carboxylic acids is 2. The normalized spacial score (nSPS) is 30.0. The monoisotopic (exact) mass is 554 g/mol. The average Bonchev–Trinajstić information content (AvgIpc) is 2.92. The molecule has 0 aromatic heterocycles. The van der Waals surface area contributed by atoms with Crippen LogP contribution in [0.2, 0.25) is 0 Å². The second kappa shape index (κ2) is 10.2. The summed E-state index contributed by atoms with van der Waals surface area (Å²) in [6.45, 7) is 0.871. The van der Waals surface area contributed by atoms with Gasteiger partial charge < -0.3 is 45.5 Å². The van der Waals surface area contributed by atoms with E-state index in [9.17, 15) is 35.1 Å². The van der Waals surface area contributed by atoms with Gasteiger partial charge in [0.2, 0.25) is 5.78 Å². The molecule has 1 aliphatic heterocycles. The SMILES string of the molecule is [CH]N=C(CO)[C@]1(O)Cc2c(O)c3c(c(O)c2[C@@H](OC2CC(N)C(O)C(C)O2)C1)C(=O)c1c(OC)cccc1C3=O. The van der Waals surface area contributed by atoms with Gasteiger partial charge in [0, 0.05) is 42.0 Å². The van der Waals surface area contributed by atoms with Crippen LogP contribution in [0, 0.1) is 7.05 Å². The first-order chi connectivity index (χ1) is 19.0. The van der Waals surface area contributed by atoms with E-state index in [1.165, 1.54) is 25.3 Å². The molecule has 3 aliphatic rings. The van der Waals surface area contributed by atoms with Crippen LogP contribution in [0.25, 0.3) is 0 Å². The summed E-state index contributed by atoms with van der Waals surface area (Å²) >= 11 is 0. The summed E-state index contributed by atoms with van der Waals surface area (Å²) in [5.41, 5.74) is 2.74. The van der Waals surface area contributed by atoms with Gasteiger partial charge in [0.1, 0.15) is 22.8 Å². The highest BCUT2D eigenvalue weighted by molar-refractivity contribution is 6.31. The largest absolute Gasteiger partial charge is 0.507 e. The van der Waals surface area contributed by atoms with E-state index in [1.54, 1.807) is 6.92 Å². The Bertz CT molecular complexity index is 1410. The minimum absolute atomic E-state index is 0.0259. The van der Waals surface area contributed by atoms with Gasteiger partial charge in [0.25, 0.3) is 0 Å². The third-order valence-corrected chi connectivity index (χ3v) is 7.99. The molecule has 5 rings (SSSR count). The number of ether oxygens (including phenoxy) is 3. The van der Waals surface area contributed by atoms with Gasteiger partial charge in [-0.3, -0.25) is 14.6 Å². The van der Waals surface area contributed by atoms with Crippen LogP contribution in [-0.4, -0.2) is 86.7 Å². The number of hydrogen-bond acceptors (Lipinski definition) is 12. The Morgan fingerprint density at radius 3 is 2.52 bits per heavy atom. The van der Waals surface area contributed by atoms with Crippen molar-refractivity contribution in [3.63, 3.8) is 0 Å². The van der Waals surface area contributed by atoms with Crippen LogP contribution >= 0.6 is 0 Å². The van der Waals surface area contributed by atoms with Crippen LogP contribution in [0.4, 0.5) is 0 Å². The van der Waals surface area contributed by atoms with Crippen molar-refractivity contribution in [3.8, 4) is 17.2 Å². The van der Waals surface area contributed by atoms with E-state index in [4.69, 9.17) is 27.0 Å². The maximum atomic E-state index is 13.7. The molecule has 2 aromatic carbocycles. The zero-order valence-corrected chi connectivity index (χ0v) is 21.8. The highest BCUT2D eigenvalue weighted by Crippen LogP contribution is 2.52. The first-order valence-electron chi connectivity index (χ1n) is 12.7. The first-order valence-corrected chi connectivity index (χ1v) is 12.7. The number of methoxy groups -OCH3 is 1. The van der Waals surface area contributed by atoms with Crippen LogP contribution in [0.5, 0.6) is 17.2 Å². The van der Waals surface area contributed by atoms with Gasteiger partial charge in [-0.2, -0.15) is 0 Å². The first kappa shape index (κ1) is 28.1. The number of benzene rings is 2. The lowest BCUT2D eigenvalue weighted by Crippen LogP contribution is -2.53. The van der Waals surface area contributed by atoms with Crippen LogP contribution in [0.15, 0.2) is 23.2 Å². The van der Waals surface area contributed by atoms with E-state index >= 15 is 0 Å². The average molecular weight is 555 g/mol. The molecule has 2 aromatic rings. The van der Waals surface area contributed by atoms with E-state index in [0.717, 1.165) is 0 Å². The molecule has 0 bridgehead atoms. The predicted molar refractivity (Wildman–Crippen MR) is 138 cm³/mol. The van der Waals surface area contributed by atoms with Gasteiger partial charge in [-0.1, -0.05) is 12.1 Å². The molecule has 12 nitrogen and oxygen atoms in total.